The summed E-state index contributed by atoms with van der Waals surface area (Å²) >= 11 is 0. The molecule has 0 aromatic heterocycles. The first-order valence-corrected chi connectivity index (χ1v) is 8.24. The van der Waals surface area contributed by atoms with Gasteiger partial charge in [0, 0.05) is 38.8 Å². The van der Waals surface area contributed by atoms with Gasteiger partial charge in [0.1, 0.15) is 11.5 Å². The highest BCUT2D eigenvalue weighted by Gasteiger charge is 2.29. The molecule has 2 aromatic rings. The van der Waals surface area contributed by atoms with E-state index in [1.165, 1.54) is 0 Å². The lowest BCUT2D eigenvalue weighted by atomic mass is 9.99. The number of fused-ring (bicyclic) bond motifs is 2. The zero-order valence-corrected chi connectivity index (χ0v) is 14.5. The number of hydrogen-bond acceptors (Lipinski definition) is 4. The van der Waals surface area contributed by atoms with Crippen LogP contribution in [0.1, 0.15) is 38.8 Å². The summed E-state index contributed by atoms with van der Waals surface area (Å²) in [5.41, 5.74) is 4.40. The van der Waals surface area contributed by atoms with E-state index in [1.807, 2.05) is 39.8 Å². The van der Waals surface area contributed by atoms with Crippen LogP contribution in [0, 0.1) is 0 Å². The van der Waals surface area contributed by atoms with Gasteiger partial charge in [-0.1, -0.05) is 12.1 Å². The number of benzene rings is 2. The summed E-state index contributed by atoms with van der Waals surface area (Å²) in [5, 5.41) is 0. The van der Waals surface area contributed by atoms with Gasteiger partial charge in [-0.15, -0.1) is 0 Å². The average molecular weight is 326 g/mol. The van der Waals surface area contributed by atoms with E-state index in [9.17, 15) is 0 Å². The smallest absolute Gasteiger partial charge is 0.205 e. The Labute approximate surface area is 142 Å². The molecule has 0 amide bonds. The Morgan fingerprint density at radius 3 is 1.50 bits per heavy atom. The Morgan fingerprint density at radius 1 is 0.667 bits per heavy atom. The summed E-state index contributed by atoms with van der Waals surface area (Å²) in [5.74, 6) is 0.645. The van der Waals surface area contributed by atoms with Crippen LogP contribution in [0.25, 0.3) is 11.1 Å². The van der Waals surface area contributed by atoms with Crippen molar-refractivity contribution in [1.29, 1.82) is 0 Å². The van der Waals surface area contributed by atoms with Gasteiger partial charge < -0.3 is 18.9 Å². The van der Waals surface area contributed by atoms with E-state index in [0.717, 1.165) is 33.8 Å². The largest absolute Gasteiger partial charge is 0.463 e. The molecule has 0 aliphatic carbocycles. The standard InChI is InChI=1S/C20H22O4/c1-19(2)21-11-15-9-13(5-7-17(15)23-19)14-6-8-18-16(10-14)12-22-20(3,4)24-18/h5-10H,11-12H2,1-4H3. The van der Waals surface area contributed by atoms with Crippen molar-refractivity contribution in [2.24, 2.45) is 0 Å². The van der Waals surface area contributed by atoms with Crippen LogP contribution in [0.3, 0.4) is 0 Å². The zero-order valence-electron chi connectivity index (χ0n) is 14.5. The molecule has 0 spiro atoms. The molecular weight excluding hydrogens is 304 g/mol. The minimum atomic E-state index is -0.568. The van der Waals surface area contributed by atoms with E-state index in [0.29, 0.717) is 13.2 Å². The lowest BCUT2D eigenvalue weighted by Gasteiger charge is -2.33. The lowest BCUT2D eigenvalue weighted by molar-refractivity contribution is -0.180. The van der Waals surface area contributed by atoms with Crippen LogP contribution < -0.4 is 9.47 Å². The van der Waals surface area contributed by atoms with Crippen molar-refractivity contribution in [1.82, 2.24) is 0 Å². The zero-order chi connectivity index (χ0) is 16.9. The number of ether oxygens (including phenoxy) is 4. The van der Waals surface area contributed by atoms with E-state index >= 15 is 0 Å². The summed E-state index contributed by atoms with van der Waals surface area (Å²) in [6.45, 7) is 8.82. The van der Waals surface area contributed by atoms with E-state index in [4.69, 9.17) is 18.9 Å². The number of hydrogen-bond donors (Lipinski definition) is 0. The third kappa shape index (κ3) is 2.87. The van der Waals surface area contributed by atoms with Gasteiger partial charge >= 0.3 is 0 Å². The van der Waals surface area contributed by atoms with Crippen LogP contribution in [0.15, 0.2) is 36.4 Å². The molecular formula is C20H22O4. The second-order valence-corrected chi connectivity index (χ2v) is 7.23. The Hall–Kier alpha value is -2.04. The predicted octanol–water partition coefficient (Wildman–Crippen LogP) is 4.64. The fraction of sp³-hybridized carbons (Fsp3) is 0.400. The Kier molecular flexibility index (Phi) is 3.37. The maximum Gasteiger partial charge on any atom is 0.205 e. The quantitative estimate of drug-likeness (QED) is 0.765. The summed E-state index contributed by atoms with van der Waals surface area (Å²) in [6.07, 6.45) is 0. The Morgan fingerprint density at radius 2 is 1.08 bits per heavy atom. The topological polar surface area (TPSA) is 36.9 Å². The first-order valence-electron chi connectivity index (χ1n) is 8.24. The minimum Gasteiger partial charge on any atom is -0.463 e. The molecule has 0 unspecified atom stereocenters. The molecule has 4 nitrogen and oxygen atoms in total. The molecule has 4 heteroatoms. The van der Waals surface area contributed by atoms with Crippen LogP contribution in [0.5, 0.6) is 11.5 Å². The summed E-state index contributed by atoms with van der Waals surface area (Å²) in [6, 6.07) is 12.4. The van der Waals surface area contributed by atoms with Crippen molar-refractivity contribution in [2.45, 2.75) is 52.5 Å². The molecule has 0 saturated carbocycles. The van der Waals surface area contributed by atoms with Gasteiger partial charge in [-0.3, -0.25) is 0 Å². The first-order chi connectivity index (χ1) is 11.3. The van der Waals surface area contributed by atoms with Crippen LogP contribution >= 0.6 is 0 Å². The highest BCUT2D eigenvalue weighted by atomic mass is 16.7. The highest BCUT2D eigenvalue weighted by Crippen LogP contribution is 2.37. The molecule has 2 heterocycles. The molecule has 126 valence electrons. The van der Waals surface area contributed by atoms with Crippen LogP contribution in [0.2, 0.25) is 0 Å². The molecule has 4 rings (SSSR count). The lowest BCUT2D eigenvalue weighted by Crippen LogP contribution is -2.35. The summed E-state index contributed by atoms with van der Waals surface area (Å²) < 4.78 is 23.2. The summed E-state index contributed by atoms with van der Waals surface area (Å²) in [4.78, 5) is 0. The third-order valence-corrected chi connectivity index (χ3v) is 4.32. The van der Waals surface area contributed by atoms with E-state index in [-0.39, 0.29) is 0 Å². The molecule has 2 aromatic carbocycles. The van der Waals surface area contributed by atoms with Crippen molar-refractivity contribution < 1.29 is 18.9 Å². The molecule has 0 bridgehead atoms. The van der Waals surface area contributed by atoms with Crippen LogP contribution in [0.4, 0.5) is 0 Å². The van der Waals surface area contributed by atoms with Gasteiger partial charge in [-0.05, 0) is 35.4 Å². The SMILES string of the molecule is CC1(C)OCc2cc(-c3ccc4c(c3)COC(C)(C)O4)ccc2O1. The number of rotatable bonds is 1. The predicted molar refractivity (Wildman–Crippen MR) is 90.9 cm³/mol. The van der Waals surface area contributed by atoms with Gasteiger partial charge in [0.05, 0.1) is 13.2 Å². The second-order valence-electron chi connectivity index (χ2n) is 7.23. The van der Waals surface area contributed by atoms with Gasteiger partial charge in [-0.2, -0.15) is 0 Å². The van der Waals surface area contributed by atoms with Gasteiger partial charge in [0.15, 0.2) is 0 Å². The summed E-state index contributed by atoms with van der Waals surface area (Å²) in [7, 11) is 0. The molecule has 24 heavy (non-hydrogen) atoms. The highest BCUT2D eigenvalue weighted by molar-refractivity contribution is 5.68. The fourth-order valence-electron chi connectivity index (χ4n) is 3.03. The second kappa shape index (κ2) is 5.23. The molecule has 2 aliphatic heterocycles. The molecule has 0 fully saturated rings. The Bertz CT molecular complexity index is 725. The van der Waals surface area contributed by atoms with Gasteiger partial charge in [0.2, 0.25) is 11.6 Å². The van der Waals surface area contributed by atoms with E-state index in [1.54, 1.807) is 0 Å². The van der Waals surface area contributed by atoms with Crippen LogP contribution in [-0.4, -0.2) is 11.6 Å². The van der Waals surface area contributed by atoms with Gasteiger partial charge in [0.25, 0.3) is 0 Å². The van der Waals surface area contributed by atoms with Crippen molar-refractivity contribution in [3.63, 3.8) is 0 Å². The fourth-order valence-corrected chi connectivity index (χ4v) is 3.03. The average Bonchev–Trinajstić information content (AvgIpc) is 2.52. The van der Waals surface area contributed by atoms with E-state index < -0.39 is 11.6 Å². The van der Waals surface area contributed by atoms with Crippen molar-refractivity contribution >= 4 is 0 Å². The maximum atomic E-state index is 5.86. The van der Waals surface area contributed by atoms with Crippen molar-refractivity contribution in [3.8, 4) is 22.6 Å². The molecule has 0 atom stereocenters. The van der Waals surface area contributed by atoms with E-state index in [2.05, 4.69) is 24.3 Å². The van der Waals surface area contributed by atoms with Gasteiger partial charge in [-0.25, -0.2) is 0 Å². The first kappa shape index (κ1) is 15.5. The monoisotopic (exact) mass is 326 g/mol. The van der Waals surface area contributed by atoms with Crippen LogP contribution in [-0.2, 0) is 22.7 Å². The normalized spacial score (nSPS) is 20.3. The molecule has 0 N–H and O–H groups in total. The molecule has 2 aliphatic rings. The molecule has 0 saturated heterocycles. The third-order valence-electron chi connectivity index (χ3n) is 4.32. The van der Waals surface area contributed by atoms with Crippen molar-refractivity contribution in [3.05, 3.63) is 47.5 Å². The minimum absolute atomic E-state index is 0.557. The van der Waals surface area contributed by atoms with Crippen molar-refractivity contribution in [2.75, 3.05) is 0 Å². The maximum absolute atomic E-state index is 5.86. The Balaban J connectivity index is 1.66. The molecule has 0 radical (unpaired) electrons.